The third-order valence-corrected chi connectivity index (χ3v) is 6.90. The molecule has 0 heterocycles. The van der Waals surface area contributed by atoms with Gasteiger partial charge in [-0.15, -0.1) is 15.3 Å². The molecule has 2 aromatic rings. The van der Waals surface area contributed by atoms with Crippen molar-refractivity contribution in [3.63, 3.8) is 0 Å². The van der Waals surface area contributed by atoms with Crippen LogP contribution in [-0.4, -0.2) is 7.42 Å². The topological polar surface area (TPSA) is 0 Å². The molecule has 1 unspecified atom stereocenters. The van der Waals surface area contributed by atoms with E-state index in [1.165, 1.54) is 28.8 Å². The lowest BCUT2D eigenvalue weighted by atomic mass is 10.1. The Morgan fingerprint density at radius 3 is 2.71 bits per heavy atom. The highest BCUT2D eigenvalue weighted by Crippen LogP contribution is 2.20. The molecular weight excluding hydrogens is 288 g/mol. The Bertz CT molecular complexity index is 514. The highest BCUT2D eigenvalue weighted by Gasteiger charge is 2.00. The Hall–Kier alpha value is -0.863. The van der Waals surface area contributed by atoms with E-state index in [0.29, 0.717) is 0 Å². The van der Waals surface area contributed by atoms with Gasteiger partial charge in [0.1, 0.15) is 7.42 Å². The van der Waals surface area contributed by atoms with Crippen LogP contribution in [0.5, 0.6) is 0 Å². The van der Waals surface area contributed by atoms with Gasteiger partial charge in [-0.05, 0) is 22.4 Å². The quantitative estimate of drug-likeness (QED) is 0.555. The zero-order valence-electron chi connectivity index (χ0n) is 10.1. The predicted molar refractivity (Wildman–Crippen MR) is 84.2 cm³/mol. The molecule has 2 rings (SSSR count). The van der Waals surface area contributed by atoms with Crippen molar-refractivity contribution in [2.45, 2.75) is 19.4 Å². The maximum atomic E-state index is 3.81. The van der Waals surface area contributed by atoms with Crippen molar-refractivity contribution in [1.29, 1.82) is 0 Å². The third kappa shape index (κ3) is 3.30. The molecule has 0 aliphatic heterocycles. The fourth-order valence-corrected chi connectivity index (χ4v) is 4.97. The zero-order valence-corrected chi connectivity index (χ0v) is 12.8. The van der Waals surface area contributed by atoms with Gasteiger partial charge in [0.05, 0.1) is 0 Å². The molecule has 0 aliphatic carbocycles. The highest BCUT2D eigenvalue weighted by atomic mass is 79.9. The van der Waals surface area contributed by atoms with Crippen molar-refractivity contribution in [2.24, 2.45) is 0 Å². The Kier molecular flexibility index (Phi) is 4.57. The molecule has 0 saturated carbocycles. The average Bonchev–Trinajstić information content (AvgIpc) is 2.36. The van der Waals surface area contributed by atoms with Gasteiger partial charge in [0.2, 0.25) is 0 Å². The van der Waals surface area contributed by atoms with Crippen LogP contribution in [0.2, 0.25) is 6.04 Å². The van der Waals surface area contributed by atoms with E-state index in [4.69, 9.17) is 0 Å². The second-order valence-electron chi connectivity index (χ2n) is 4.23. The normalized spacial score (nSPS) is 13.3. The largest absolute Gasteiger partial charge is 0.138 e. The Balaban J connectivity index is 2.30. The summed E-state index contributed by atoms with van der Waals surface area (Å²) >= 11 is 3.81. The molecule has 0 fully saturated rings. The molecule has 0 nitrogen and oxygen atoms in total. The minimum absolute atomic E-state index is 0.820. The van der Waals surface area contributed by atoms with Crippen molar-refractivity contribution < 1.29 is 0 Å². The van der Waals surface area contributed by atoms with Crippen LogP contribution in [-0.2, 0) is 0 Å². The molecule has 0 bridgehead atoms. The summed E-state index contributed by atoms with van der Waals surface area (Å²) < 4.78 is 0. The van der Waals surface area contributed by atoms with Crippen molar-refractivity contribution in [1.82, 2.24) is 0 Å². The van der Waals surface area contributed by atoms with E-state index in [2.05, 4.69) is 76.5 Å². The van der Waals surface area contributed by atoms with Gasteiger partial charge in [0, 0.05) is 0 Å². The molecule has 88 valence electrons. The maximum absolute atomic E-state index is 3.81. The van der Waals surface area contributed by atoms with Gasteiger partial charge in [0.25, 0.3) is 0 Å². The summed E-state index contributed by atoms with van der Waals surface area (Å²) in [6.07, 6.45) is 3.55. The first kappa shape index (κ1) is 12.6. The van der Waals surface area contributed by atoms with Gasteiger partial charge in [-0.3, -0.25) is 0 Å². The summed E-state index contributed by atoms with van der Waals surface area (Å²) in [4.78, 5) is 0. The summed E-state index contributed by atoms with van der Waals surface area (Å²) in [6, 6.07) is 16.4. The Morgan fingerprint density at radius 2 is 1.88 bits per heavy atom. The van der Waals surface area contributed by atoms with Crippen LogP contribution < -0.4 is 0 Å². The summed E-state index contributed by atoms with van der Waals surface area (Å²) in [5.74, 6) is 0. The fourth-order valence-electron chi connectivity index (χ4n) is 1.98. The summed E-state index contributed by atoms with van der Waals surface area (Å²) in [5, 5.41) is 2.66. The SMILES string of the molecule is CCC[SiH](Br)C=Cc1cccc2ccccc12. The fraction of sp³-hybridized carbons (Fsp3) is 0.200. The predicted octanol–water partition coefficient (Wildman–Crippen LogP) is 4.92. The van der Waals surface area contributed by atoms with E-state index in [0.717, 1.165) is 0 Å². The first-order valence-electron chi connectivity index (χ1n) is 6.11. The highest BCUT2D eigenvalue weighted by molar-refractivity contribution is 9.24. The Labute approximate surface area is 113 Å². The lowest BCUT2D eigenvalue weighted by molar-refractivity contribution is 1.08. The van der Waals surface area contributed by atoms with Crippen LogP contribution in [0.15, 0.2) is 48.2 Å². The standard InChI is InChI=1S/C15H17BrSi/c1-2-11-17(16)12-10-14-8-5-7-13-6-3-4-9-15(13)14/h3-10,12,17H,2,11H2,1H3. The summed E-state index contributed by atoms with van der Waals surface area (Å²) in [7, 11) is -0.820. The van der Waals surface area contributed by atoms with E-state index in [1.54, 1.807) is 0 Å². The average molecular weight is 305 g/mol. The van der Waals surface area contributed by atoms with E-state index >= 15 is 0 Å². The zero-order chi connectivity index (χ0) is 12.1. The van der Waals surface area contributed by atoms with Gasteiger partial charge in [0.15, 0.2) is 0 Å². The van der Waals surface area contributed by atoms with Crippen molar-refractivity contribution in [3.8, 4) is 0 Å². The van der Waals surface area contributed by atoms with Crippen LogP contribution in [0.3, 0.4) is 0 Å². The third-order valence-electron chi connectivity index (χ3n) is 2.87. The second-order valence-corrected chi connectivity index (χ2v) is 9.75. The van der Waals surface area contributed by atoms with Crippen LogP contribution >= 0.6 is 15.3 Å². The van der Waals surface area contributed by atoms with Gasteiger partial charge >= 0.3 is 0 Å². The van der Waals surface area contributed by atoms with Gasteiger partial charge in [-0.25, -0.2) is 0 Å². The molecular formula is C15H17BrSi. The lowest BCUT2D eigenvalue weighted by Crippen LogP contribution is -1.95. The van der Waals surface area contributed by atoms with Crippen molar-refractivity contribution >= 4 is 39.6 Å². The van der Waals surface area contributed by atoms with E-state index in [9.17, 15) is 0 Å². The number of rotatable bonds is 4. The monoisotopic (exact) mass is 304 g/mol. The molecule has 2 heteroatoms. The smallest absolute Gasteiger partial charge is 0.125 e. The maximum Gasteiger partial charge on any atom is 0.138 e. The molecule has 0 amide bonds. The van der Waals surface area contributed by atoms with Crippen LogP contribution in [0.25, 0.3) is 16.8 Å². The molecule has 0 N–H and O–H groups in total. The molecule has 2 aromatic carbocycles. The second kappa shape index (κ2) is 6.17. The van der Waals surface area contributed by atoms with E-state index < -0.39 is 7.42 Å². The number of benzene rings is 2. The molecule has 0 aliphatic rings. The van der Waals surface area contributed by atoms with E-state index in [1.807, 2.05) is 0 Å². The lowest BCUT2D eigenvalue weighted by Gasteiger charge is -2.03. The van der Waals surface area contributed by atoms with Crippen molar-refractivity contribution in [3.05, 3.63) is 53.7 Å². The van der Waals surface area contributed by atoms with Crippen molar-refractivity contribution in [2.75, 3.05) is 0 Å². The molecule has 1 atom stereocenters. The van der Waals surface area contributed by atoms with E-state index in [-0.39, 0.29) is 0 Å². The number of halogens is 1. The molecule has 17 heavy (non-hydrogen) atoms. The minimum Gasteiger partial charge on any atom is -0.125 e. The van der Waals surface area contributed by atoms with Crippen LogP contribution in [0, 0.1) is 0 Å². The number of hydrogen-bond donors (Lipinski definition) is 0. The molecule has 0 aromatic heterocycles. The first-order valence-corrected chi connectivity index (χ1v) is 10.8. The molecule has 0 radical (unpaired) electrons. The minimum atomic E-state index is -0.820. The van der Waals surface area contributed by atoms with Crippen LogP contribution in [0.1, 0.15) is 18.9 Å². The summed E-state index contributed by atoms with van der Waals surface area (Å²) in [6.45, 7) is 2.24. The van der Waals surface area contributed by atoms with Gasteiger partial charge in [-0.1, -0.05) is 67.6 Å². The first-order chi connectivity index (χ1) is 8.31. The van der Waals surface area contributed by atoms with Crippen LogP contribution in [0.4, 0.5) is 0 Å². The molecule has 0 saturated heterocycles. The van der Waals surface area contributed by atoms with Gasteiger partial charge in [-0.2, -0.15) is 0 Å². The Morgan fingerprint density at radius 1 is 1.12 bits per heavy atom. The summed E-state index contributed by atoms with van der Waals surface area (Å²) in [5.41, 5.74) is 3.71. The molecule has 0 spiro atoms. The number of fused-ring (bicyclic) bond motifs is 1. The number of hydrogen-bond acceptors (Lipinski definition) is 0. The van der Waals surface area contributed by atoms with Gasteiger partial charge < -0.3 is 0 Å².